The van der Waals surface area contributed by atoms with Crippen LogP contribution in [0, 0.1) is 11.6 Å². The Morgan fingerprint density at radius 2 is 1.86 bits per heavy atom. The SMILES string of the molecule is CN(C)C1(C(Cc2ccc(F)c(F)c2)NN)CCCCC1. The van der Waals surface area contributed by atoms with E-state index in [-0.39, 0.29) is 11.6 Å². The molecular weight excluding hydrogens is 272 g/mol. The van der Waals surface area contributed by atoms with Crippen molar-refractivity contribution in [1.29, 1.82) is 0 Å². The molecular formula is C16H25F2N3. The van der Waals surface area contributed by atoms with Crippen molar-refractivity contribution < 1.29 is 8.78 Å². The van der Waals surface area contributed by atoms with Gasteiger partial charge in [-0.3, -0.25) is 11.3 Å². The number of hydrazine groups is 1. The van der Waals surface area contributed by atoms with E-state index >= 15 is 0 Å². The summed E-state index contributed by atoms with van der Waals surface area (Å²) in [5.74, 6) is 4.19. The van der Waals surface area contributed by atoms with E-state index in [0.29, 0.717) is 6.42 Å². The Morgan fingerprint density at radius 3 is 2.38 bits per heavy atom. The Morgan fingerprint density at radius 1 is 1.19 bits per heavy atom. The molecule has 0 aromatic heterocycles. The van der Waals surface area contributed by atoms with Gasteiger partial charge in [-0.15, -0.1) is 0 Å². The lowest BCUT2D eigenvalue weighted by atomic mass is 9.73. The van der Waals surface area contributed by atoms with Gasteiger partial charge in [-0.2, -0.15) is 0 Å². The van der Waals surface area contributed by atoms with Crippen LogP contribution in [0.1, 0.15) is 37.7 Å². The summed E-state index contributed by atoms with van der Waals surface area (Å²) in [6, 6.07) is 4.10. The number of nitrogens with one attached hydrogen (secondary N) is 1. The second-order valence-electron chi connectivity index (χ2n) is 6.23. The third-order valence-electron chi connectivity index (χ3n) is 4.88. The highest BCUT2D eigenvalue weighted by atomic mass is 19.2. The first-order valence-corrected chi connectivity index (χ1v) is 7.57. The Balaban J connectivity index is 2.22. The molecule has 5 heteroatoms. The summed E-state index contributed by atoms with van der Waals surface area (Å²) < 4.78 is 26.4. The van der Waals surface area contributed by atoms with E-state index in [1.54, 1.807) is 6.07 Å². The molecule has 2 rings (SSSR count). The highest BCUT2D eigenvalue weighted by molar-refractivity contribution is 5.20. The van der Waals surface area contributed by atoms with Crippen molar-refractivity contribution in [3.05, 3.63) is 35.4 Å². The third kappa shape index (κ3) is 3.42. The average Bonchev–Trinajstić information content (AvgIpc) is 2.49. The number of likely N-dealkylation sites (N-methyl/N-ethyl adjacent to an activating group) is 1. The molecule has 1 aromatic rings. The van der Waals surface area contributed by atoms with Crippen molar-refractivity contribution in [2.75, 3.05) is 14.1 Å². The zero-order valence-corrected chi connectivity index (χ0v) is 12.8. The van der Waals surface area contributed by atoms with E-state index in [2.05, 4.69) is 24.4 Å². The van der Waals surface area contributed by atoms with Gasteiger partial charge in [-0.1, -0.05) is 25.3 Å². The maximum absolute atomic E-state index is 13.4. The molecule has 1 atom stereocenters. The summed E-state index contributed by atoms with van der Waals surface area (Å²) in [7, 11) is 4.14. The average molecular weight is 297 g/mol. The minimum Gasteiger partial charge on any atom is -0.302 e. The van der Waals surface area contributed by atoms with Crippen molar-refractivity contribution in [1.82, 2.24) is 10.3 Å². The van der Waals surface area contributed by atoms with Crippen LogP contribution in [-0.2, 0) is 6.42 Å². The second kappa shape index (κ2) is 6.81. The molecule has 1 fully saturated rings. The van der Waals surface area contributed by atoms with Gasteiger partial charge >= 0.3 is 0 Å². The van der Waals surface area contributed by atoms with Gasteiger partial charge in [0.05, 0.1) is 0 Å². The number of rotatable bonds is 5. The van der Waals surface area contributed by atoms with Crippen molar-refractivity contribution in [2.45, 2.75) is 50.1 Å². The molecule has 1 aliphatic carbocycles. The molecule has 118 valence electrons. The predicted molar refractivity (Wildman–Crippen MR) is 80.7 cm³/mol. The molecule has 1 unspecified atom stereocenters. The molecule has 0 amide bonds. The Bertz CT molecular complexity index is 471. The lowest BCUT2D eigenvalue weighted by Crippen LogP contribution is -2.62. The number of halogens is 2. The Hall–Kier alpha value is -1.04. The minimum atomic E-state index is -0.809. The highest BCUT2D eigenvalue weighted by Crippen LogP contribution is 2.36. The molecule has 1 aliphatic rings. The standard InChI is InChI=1S/C16H25F2N3/c1-21(2)16(8-4-3-5-9-16)15(20-19)11-12-6-7-13(17)14(18)10-12/h6-7,10,15,20H,3-5,8-9,11,19H2,1-2H3. The lowest BCUT2D eigenvalue weighted by molar-refractivity contribution is 0.0568. The zero-order valence-electron chi connectivity index (χ0n) is 12.8. The fourth-order valence-electron chi connectivity index (χ4n) is 3.58. The molecule has 1 saturated carbocycles. The van der Waals surface area contributed by atoms with Crippen molar-refractivity contribution in [3.63, 3.8) is 0 Å². The molecule has 0 aliphatic heterocycles. The van der Waals surface area contributed by atoms with E-state index in [9.17, 15) is 8.78 Å². The first kappa shape index (κ1) is 16.3. The summed E-state index contributed by atoms with van der Waals surface area (Å²) >= 11 is 0. The molecule has 0 bridgehead atoms. The van der Waals surface area contributed by atoms with Crippen LogP contribution in [-0.4, -0.2) is 30.6 Å². The first-order valence-electron chi connectivity index (χ1n) is 7.57. The number of benzene rings is 1. The normalized spacial score (nSPS) is 19.7. The molecule has 0 spiro atoms. The van der Waals surface area contributed by atoms with E-state index in [1.165, 1.54) is 31.4 Å². The minimum absolute atomic E-state index is 0.0117. The summed E-state index contributed by atoms with van der Waals surface area (Å²) in [6.07, 6.45) is 6.32. The number of nitrogens with zero attached hydrogens (tertiary/aromatic N) is 1. The molecule has 21 heavy (non-hydrogen) atoms. The smallest absolute Gasteiger partial charge is 0.159 e. The molecule has 3 N–H and O–H groups in total. The van der Waals surface area contributed by atoms with Crippen LogP contribution in [0.3, 0.4) is 0 Å². The van der Waals surface area contributed by atoms with Gasteiger partial charge in [0.1, 0.15) is 0 Å². The summed E-state index contributed by atoms with van der Waals surface area (Å²) in [5.41, 5.74) is 3.66. The van der Waals surface area contributed by atoms with Crippen LogP contribution in [0.2, 0.25) is 0 Å². The van der Waals surface area contributed by atoms with Gasteiger partial charge in [-0.05, 0) is 51.1 Å². The third-order valence-corrected chi connectivity index (χ3v) is 4.88. The predicted octanol–water partition coefficient (Wildman–Crippen LogP) is 2.60. The largest absolute Gasteiger partial charge is 0.302 e. The van der Waals surface area contributed by atoms with Crippen LogP contribution >= 0.6 is 0 Å². The first-order chi connectivity index (χ1) is 9.99. The molecule has 0 radical (unpaired) electrons. The molecule has 3 nitrogen and oxygen atoms in total. The van der Waals surface area contributed by atoms with Gasteiger partial charge < -0.3 is 4.90 Å². The van der Waals surface area contributed by atoms with Crippen LogP contribution in [0.25, 0.3) is 0 Å². The number of nitrogens with two attached hydrogens (primary N) is 1. The molecule has 1 aromatic carbocycles. The summed E-state index contributed by atoms with van der Waals surface area (Å²) in [6.45, 7) is 0. The van der Waals surface area contributed by atoms with Gasteiger partial charge in [0, 0.05) is 11.6 Å². The van der Waals surface area contributed by atoms with Crippen molar-refractivity contribution >= 4 is 0 Å². The van der Waals surface area contributed by atoms with Crippen molar-refractivity contribution in [2.24, 2.45) is 5.84 Å². The van der Waals surface area contributed by atoms with E-state index in [4.69, 9.17) is 5.84 Å². The fourth-order valence-corrected chi connectivity index (χ4v) is 3.58. The van der Waals surface area contributed by atoms with E-state index in [0.717, 1.165) is 18.4 Å². The Kier molecular flexibility index (Phi) is 5.30. The van der Waals surface area contributed by atoms with Gasteiger partial charge in [0.15, 0.2) is 11.6 Å². The van der Waals surface area contributed by atoms with Crippen molar-refractivity contribution in [3.8, 4) is 0 Å². The van der Waals surface area contributed by atoms with Gasteiger partial charge in [-0.25, -0.2) is 8.78 Å². The summed E-state index contributed by atoms with van der Waals surface area (Å²) in [5, 5.41) is 0. The van der Waals surface area contributed by atoms with Crippen LogP contribution in [0.15, 0.2) is 18.2 Å². The highest BCUT2D eigenvalue weighted by Gasteiger charge is 2.41. The maximum atomic E-state index is 13.4. The number of hydrogen-bond acceptors (Lipinski definition) is 3. The zero-order chi connectivity index (χ0) is 15.5. The molecule has 0 heterocycles. The van der Waals surface area contributed by atoms with Crippen LogP contribution < -0.4 is 11.3 Å². The monoisotopic (exact) mass is 297 g/mol. The number of hydrogen-bond donors (Lipinski definition) is 2. The summed E-state index contributed by atoms with van der Waals surface area (Å²) in [4.78, 5) is 2.23. The second-order valence-corrected chi connectivity index (χ2v) is 6.23. The topological polar surface area (TPSA) is 41.3 Å². The fraction of sp³-hybridized carbons (Fsp3) is 0.625. The van der Waals surface area contributed by atoms with Crippen LogP contribution in [0.5, 0.6) is 0 Å². The molecule has 0 saturated heterocycles. The Labute approximate surface area is 125 Å². The van der Waals surface area contributed by atoms with E-state index in [1.807, 2.05) is 0 Å². The van der Waals surface area contributed by atoms with Gasteiger partial charge in [0.2, 0.25) is 0 Å². The van der Waals surface area contributed by atoms with Crippen LogP contribution in [0.4, 0.5) is 8.78 Å². The van der Waals surface area contributed by atoms with E-state index < -0.39 is 11.6 Å². The quantitative estimate of drug-likeness (QED) is 0.648. The lowest BCUT2D eigenvalue weighted by Gasteiger charge is -2.48. The van der Waals surface area contributed by atoms with Gasteiger partial charge in [0.25, 0.3) is 0 Å². The maximum Gasteiger partial charge on any atom is 0.159 e.